The van der Waals surface area contributed by atoms with Crippen molar-refractivity contribution in [2.24, 2.45) is 11.3 Å². The van der Waals surface area contributed by atoms with E-state index in [-0.39, 0.29) is 17.1 Å². The second kappa shape index (κ2) is 3.61. The minimum absolute atomic E-state index is 0.154. The smallest absolute Gasteiger partial charge is 0.168 e. The molecule has 3 heteroatoms. The number of carbonyl (C=O) groups excluding carboxylic acids is 1. The van der Waals surface area contributed by atoms with Crippen LogP contribution < -0.4 is 4.74 Å². The number of carbonyl (C=O) groups is 1. The molecule has 1 fully saturated rings. The van der Waals surface area contributed by atoms with Crippen LogP contribution in [0.5, 0.6) is 5.75 Å². The van der Waals surface area contributed by atoms with Crippen molar-refractivity contribution in [3.63, 3.8) is 0 Å². The maximum Gasteiger partial charge on any atom is 0.168 e. The summed E-state index contributed by atoms with van der Waals surface area (Å²) < 4.78 is 5.36. The molecule has 0 bridgehead atoms. The zero-order chi connectivity index (χ0) is 12.9. The number of nitrogens with one attached hydrogen (secondary N) is 1. The van der Waals surface area contributed by atoms with Crippen molar-refractivity contribution < 1.29 is 9.53 Å². The van der Waals surface area contributed by atoms with Crippen LogP contribution in [0.15, 0.2) is 24.4 Å². The lowest BCUT2D eigenvalue weighted by Crippen LogP contribution is -2.06. The number of H-pyrrole nitrogens is 1. The van der Waals surface area contributed by atoms with E-state index in [0.29, 0.717) is 0 Å². The van der Waals surface area contributed by atoms with Gasteiger partial charge in [-0.2, -0.15) is 0 Å². The van der Waals surface area contributed by atoms with Crippen molar-refractivity contribution >= 4 is 16.7 Å². The monoisotopic (exact) mass is 243 g/mol. The first-order valence-electron chi connectivity index (χ1n) is 6.23. The highest BCUT2D eigenvalue weighted by Crippen LogP contribution is 2.53. The van der Waals surface area contributed by atoms with Gasteiger partial charge in [-0.1, -0.05) is 19.9 Å². The summed E-state index contributed by atoms with van der Waals surface area (Å²) in [5, 5.41) is 0.910. The van der Waals surface area contributed by atoms with Crippen LogP contribution in [0.2, 0.25) is 0 Å². The van der Waals surface area contributed by atoms with E-state index in [4.69, 9.17) is 4.74 Å². The number of aromatic nitrogens is 1. The first kappa shape index (κ1) is 11.3. The average molecular weight is 243 g/mol. The maximum atomic E-state index is 12.5. The topological polar surface area (TPSA) is 42.1 Å². The Labute approximate surface area is 106 Å². The molecule has 1 aliphatic carbocycles. The number of hydrogen-bond donors (Lipinski definition) is 1. The van der Waals surface area contributed by atoms with Gasteiger partial charge in [-0.05, 0) is 24.0 Å². The van der Waals surface area contributed by atoms with Crippen LogP contribution in [0.1, 0.15) is 30.6 Å². The summed E-state index contributed by atoms with van der Waals surface area (Å²) in [5.74, 6) is 1.15. The van der Waals surface area contributed by atoms with Crippen LogP contribution in [0.3, 0.4) is 0 Å². The van der Waals surface area contributed by atoms with E-state index >= 15 is 0 Å². The Morgan fingerprint density at radius 2 is 2.17 bits per heavy atom. The van der Waals surface area contributed by atoms with Crippen LogP contribution in [0.4, 0.5) is 0 Å². The van der Waals surface area contributed by atoms with Crippen LogP contribution in [-0.2, 0) is 0 Å². The van der Waals surface area contributed by atoms with E-state index in [2.05, 4.69) is 18.8 Å². The number of aromatic amines is 1. The summed E-state index contributed by atoms with van der Waals surface area (Å²) >= 11 is 0. The van der Waals surface area contributed by atoms with E-state index in [1.54, 1.807) is 7.11 Å². The van der Waals surface area contributed by atoms with Crippen molar-refractivity contribution in [1.29, 1.82) is 0 Å². The Kier molecular flexibility index (Phi) is 2.27. The van der Waals surface area contributed by atoms with Crippen molar-refractivity contribution in [1.82, 2.24) is 4.98 Å². The Morgan fingerprint density at radius 3 is 2.78 bits per heavy atom. The lowest BCUT2D eigenvalue weighted by atomic mass is 10.0. The molecule has 0 spiro atoms. The van der Waals surface area contributed by atoms with Gasteiger partial charge in [0.25, 0.3) is 0 Å². The molecule has 1 aliphatic rings. The number of benzene rings is 1. The minimum atomic E-state index is 0.154. The molecule has 0 saturated heterocycles. The van der Waals surface area contributed by atoms with Crippen molar-refractivity contribution in [3.05, 3.63) is 30.0 Å². The normalized spacial score (nSPS) is 20.9. The molecule has 1 unspecified atom stereocenters. The van der Waals surface area contributed by atoms with Crippen molar-refractivity contribution in [2.45, 2.75) is 20.3 Å². The Balaban J connectivity index is 2.10. The molecule has 1 N–H and O–H groups in total. The first-order valence-corrected chi connectivity index (χ1v) is 6.23. The predicted molar refractivity (Wildman–Crippen MR) is 71.1 cm³/mol. The SMILES string of the molecule is COc1cccc2[nH]cc(C(=O)C3CC3(C)C)c12. The Morgan fingerprint density at radius 1 is 1.44 bits per heavy atom. The fourth-order valence-electron chi connectivity index (χ4n) is 2.62. The maximum absolute atomic E-state index is 12.5. The Hall–Kier alpha value is -1.77. The summed E-state index contributed by atoms with van der Waals surface area (Å²) in [5.41, 5.74) is 1.87. The molecular weight excluding hydrogens is 226 g/mol. The molecule has 1 aromatic carbocycles. The number of Topliss-reactive ketones (excluding diaryl/α,β-unsaturated/α-hetero) is 1. The largest absolute Gasteiger partial charge is 0.496 e. The molecule has 1 atom stereocenters. The van der Waals surface area contributed by atoms with Gasteiger partial charge in [0.05, 0.1) is 12.5 Å². The third kappa shape index (κ3) is 1.54. The fraction of sp³-hybridized carbons (Fsp3) is 0.400. The van der Waals surface area contributed by atoms with E-state index in [0.717, 1.165) is 28.6 Å². The summed E-state index contributed by atoms with van der Waals surface area (Å²) in [7, 11) is 1.64. The summed E-state index contributed by atoms with van der Waals surface area (Å²) in [4.78, 5) is 15.6. The predicted octanol–water partition coefficient (Wildman–Crippen LogP) is 3.41. The van der Waals surface area contributed by atoms with Gasteiger partial charge in [0.15, 0.2) is 5.78 Å². The average Bonchev–Trinajstić information content (AvgIpc) is 2.81. The van der Waals surface area contributed by atoms with Gasteiger partial charge in [-0.15, -0.1) is 0 Å². The van der Waals surface area contributed by atoms with Crippen LogP contribution in [-0.4, -0.2) is 17.9 Å². The quantitative estimate of drug-likeness (QED) is 0.839. The van der Waals surface area contributed by atoms with Gasteiger partial charge in [0.1, 0.15) is 5.75 Å². The van der Waals surface area contributed by atoms with Gasteiger partial charge >= 0.3 is 0 Å². The van der Waals surface area contributed by atoms with Gasteiger partial charge in [-0.25, -0.2) is 0 Å². The molecule has 94 valence electrons. The van der Waals surface area contributed by atoms with Gasteiger partial charge in [0.2, 0.25) is 0 Å². The molecule has 1 saturated carbocycles. The van der Waals surface area contributed by atoms with Crippen LogP contribution in [0, 0.1) is 11.3 Å². The highest BCUT2D eigenvalue weighted by Gasteiger charge is 2.50. The number of rotatable bonds is 3. The van der Waals surface area contributed by atoms with Crippen molar-refractivity contribution in [2.75, 3.05) is 7.11 Å². The number of methoxy groups -OCH3 is 1. The minimum Gasteiger partial charge on any atom is -0.496 e. The number of ether oxygens (including phenoxy) is 1. The first-order chi connectivity index (χ1) is 8.54. The molecule has 1 heterocycles. The number of hydrogen-bond acceptors (Lipinski definition) is 2. The molecule has 3 nitrogen and oxygen atoms in total. The Bertz CT molecular complexity index is 624. The van der Waals surface area contributed by atoms with E-state index in [1.165, 1.54) is 0 Å². The van der Waals surface area contributed by atoms with Crippen molar-refractivity contribution in [3.8, 4) is 5.75 Å². The molecular formula is C15H17NO2. The molecule has 0 amide bonds. The summed E-state index contributed by atoms with van der Waals surface area (Å²) in [6.45, 7) is 4.28. The van der Waals surface area contributed by atoms with Crippen LogP contribution >= 0.6 is 0 Å². The standard InChI is InChI=1S/C15H17NO2/c1-15(2)7-10(15)14(17)9-8-16-11-5-4-6-12(18-3)13(9)11/h4-6,8,10,16H,7H2,1-3H3. The molecule has 1 aromatic heterocycles. The lowest BCUT2D eigenvalue weighted by Gasteiger charge is -2.05. The third-order valence-electron chi connectivity index (χ3n) is 3.98. The highest BCUT2D eigenvalue weighted by molar-refractivity contribution is 6.12. The van der Waals surface area contributed by atoms with Crippen LogP contribution in [0.25, 0.3) is 10.9 Å². The molecule has 18 heavy (non-hydrogen) atoms. The highest BCUT2D eigenvalue weighted by atomic mass is 16.5. The van der Waals surface area contributed by atoms with E-state index in [1.807, 2.05) is 24.4 Å². The second-order valence-corrected chi connectivity index (χ2v) is 5.69. The van der Waals surface area contributed by atoms with E-state index in [9.17, 15) is 4.79 Å². The second-order valence-electron chi connectivity index (χ2n) is 5.69. The van der Waals surface area contributed by atoms with Gasteiger partial charge < -0.3 is 9.72 Å². The fourth-order valence-corrected chi connectivity index (χ4v) is 2.62. The zero-order valence-corrected chi connectivity index (χ0v) is 10.9. The zero-order valence-electron chi connectivity index (χ0n) is 10.9. The van der Waals surface area contributed by atoms with E-state index < -0.39 is 0 Å². The summed E-state index contributed by atoms with van der Waals surface area (Å²) in [6.07, 6.45) is 2.79. The number of ketones is 1. The van der Waals surface area contributed by atoms with Gasteiger partial charge in [-0.3, -0.25) is 4.79 Å². The molecule has 2 aromatic rings. The molecule has 0 radical (unpaired) electrons. The van der Waals surface area contributed by atoms with Gasteiger partial charge in [0, 0.05) is 23.2 Å². The number of fused-ring (bicyclic) bond motifs is 1. The molecule has 3 rings (SSSR count). The third-order valence-corrected chi connectivity index (χ3v) is 3.98. The molecule has 0 aliphatic heterocycles. The summed E-state index contributed by atoms with van der Waals surface area (Å²) in [6, 6.07) is 5.78. The lowest BCUT2D eigenvalue weighted by molar-refractivity contribution is 0.0955.